The van der Waals surface area contributed by atoms with Gasteiger partial charge in [-0.3, -0.25) is 0 Å². The molecule has 1 heterocycles. The Kier molecular flexibility index (Phi) is 4.95. The Hall–Kier alpha value is -2.30. The molecule has 3 aromatic rings. The minimum atomic E-state index is -0.0469. The van der Waals surface area contributed by atoms with Crippen molar-refractivity contribution in [2.45, 2.75) is 6.61 Å². The lowest BCUT2D eigenvalue weighted by Gasteiger charge is -2.13. The predicted octanol–water partition coefficient (Wildman–Crippen LogP) is 3.84. The predicted molar refractivity (Wildman–Crippen MR) is 90.1 cm³/mol. The summed E-state index contributed by atoms with van der Waals surface area (Å²) < 4.78 is 11.3. The number of halogens is 1. The molecule has 1 N–H and O–H groups in total. The van der Waals surface area contributed by atoms with Gasteiger partial charge in [-0.2, -0.15) is 0 Å². The van der Waals surface area contributed by atoms with Gasteiger partial charge in [0.05, 0.1) is 12.1 Å². The van der Waals surface area contributed by atoms with Crippen LogP contribution in [0.2, 0.25) is 5.15 Å². The smallest absolute Gasteiger partial charge is 0.161 e. The minimum absolute atomic E-state index is 0.0469. The molecular weight excluding hydrogens is 314 g/mol. The third-order valence-corrected chi connectivity index (χ3v) is 3.66. The Balaban J connectivity index is 1.79. The molecule has 0 aliphatic heterocycles. The average Bonchev–Trinajstić information content (AvgIpc) is 2.59. The van der Waals surface area contributed by atoms with Crippen LogP contribution >= 0.6 is 11.6 Å². The Labute approximate surface area is 139 Å². The van der Waals surface area contributed by atoms with Crippen LogP contribution in [0, 0.1) is 0 Å². The largest absolute Gasteiger partial charge is 0.487 e. The van der Waals surface area contributed by atoms with Crippen molar-refractivity contribution in [3.8, 4) is 11.5 Å². The second kappa shape index (κ2) is 7.31. The van der Waals surface area contributed by atoms with E-state index in [1.54, 1.807) is 6.07 Å². The lowest BCUT2D eigenvalue weighted by Crippen LogP contribution is -2.04. The number of nitrogens with zero attached hydrogens (tertiary/aromatic N) is 1. The summed E-state index contributed by atoms with van der Waals surface area (Å²) in [5.74, 6) is 1.19. The van der Waals surface area contributed by atoms with Gasteiger partial charge in [-0.05, 0) is 24.3 Å². The Morgan fingerprint density at radius 2 is 1.65 bits per heavy atom. The number of rotatable bonds is 6. The summed E-state index contributed by atoms with van der Waals surface area (Å²) >= 11 is 6.24. The molecule has 0 spiro atoms. The average molecular weight is 330 g/mol. The summed E-state index contributed by atoms with van der Waals surface area (Å²) in [7, 11) is 0. The van der Waals surface area contributed by atoms with Gasteiger partial charge in [0.25, 0.3) is 0 Å². The van der Waals surface area contributed by atoms with E-state index in [1.165, 1.54) is 0 Å². The summed E-state index contributed by atoms with van der Waals surface area (Å²) in [4.78, 5) is 4.38. The van der Waals surface area contributed by atoms with Crippen LogP contribution in [0.3, 0.4) is 0 Å². The van der Waals surface area contributed by atoms with E-state index >= 15 is 0 Å². The van der Waals surface area contributed by atoms with Gasteiger partial charge in [-0.15, -0.1) is 0 Å². The van der Waals surface area contributed by atoms with Crippen LogP contribution in [-0.4, -0.2) is 23.3 Å². The van der Waals surface area contributed by atoms with Crippen molar-refractivity contribution in [2.75, 3.05) is 13.2 Å². The number of aromatic nitrogens is 1. The zero-order chi connectivity index (χ0) is 16.1. The number of para-hydroxylation sites is 3. The molecule has 0 saturated heterocycles. The van der Waals surface area contributed by atoms with Gasteiger partial charge < -0.3 is 14.6 Å². The molecule has 0 aliphatic rings. The zero-order valence-corrected chi connectivity index (χ0v) is 13.2. The Morgan fingerprint density at radius 3 is 2.43 bits per heavy atom. The molecule has 0 saturated carbocycles. The number of pyridine rings is 1. The number of aliphatic hydroxyl groups excluding tert-OH is 1. The van der Waals surface area contributed by atoms with Crippen LogP contribution < -0.4 is 9.47 Å². The summed E-state index contributed by atoms with van der Waals surface area (Å²) in [5, 5.41) is 10.3. The van der Waals surface area contributed by atoms with Gasteiger partial charge in [0, 0.05) is 10.9 Å². The van der Waals surface area contributed by atoms with E-state index in [2.05, 4.69) is 4.98 Å². The highest BCUT2D eigenvalue weighted by atomic mass is 35.5. The van der Waals surface area contributed by atoms with Crippen molar-refractivity contribution >= 4 is 22.5 Å². The molecule has 0 amide bonds. The molecule has 1 aromatic heterocycles. The van der Waals surface area contributed by atoms with E-state index in [1.807, 2.05) is 48.5 Å². The van der Waals surface area contributed by atoms with Gasteiger partial charge in [-0.25, -0.2) is 4.98 Å². The fraction of sp³-hybridized carbons (Fsp3) is 0.167. The molecule has 0 aliphatic carbocycles. The van der Waals surface area contributed by atoms with Gasteiger partial charge in [0.1, 0.15) is 18.4 Å². The summed E-state index contributed by atoms with van der Waals surface area (Å²) in [6.45, 7) is 0.462. The van der Waals surface area contributed by atoms with Crippen LogP contribution in [-0.2, 0) is 6.61 Å². The molecule has 0 unspecified atom stereocenters. The van der Waals surface area contributed by atoms with Gasteiger partial charge in [0.2, 0.25) is 0 Å². The second-order valence-electron chi connectivity index (χ2n) is 4.94. The number of aliphatic hydroxyl groups is 1. The van der Waals surface area contributed by atoms with E-state index in [-0.39, 0.29) is 19.8 Å². The van der Waals surface area contributed by atoms with E-state index in [4.69, 9.17) is 26.2 Å². The fourth-order valence-corrected chi connectivity index (χ4v) is 2.44. The second-order valence-corrected chi connectivity index (χ2v) is 5.30. The molecule has 2 aromatic carbocycles. The van der Waals surface area contributed by atoms with Crippen LogP contribution in [0.1, 0.15) is 5.56 Å². The third kappa shape index (κ3) is 3.73. The first-order valence-electron chi connectivity index (χ1n) is 7.27. The van der Waals surface area contributed by atoms with Crippen LogP contribution in [0.4, 0.5) is 0 Å². The highest BCUT2D eigenvalue weighted by Crippen LogP contribution is 2.28. The van der Waals surface area contributed by atoms with E-state index in [0.29, 0.717) is 16.7 Å². The quantitative estimate of drug-likeness (QED) is 0.698. The monoisotopic (exact) mass is 329 g/mol. The van der Waals surface area contributed by atoms with Gasteiger partial charge in [0.15, 0.2) is 11.5 Å². The number of hydrogen-bond acceptors (Lipinski definition) is 4. The van der Waals surface area contributed by atoms with Crippen molar-refractivity contribution in [3.63, 3.8) is 0 Å². The van der Waals surface area contributed by atoms with Crippen molar-refractivity contribution in [2.24, 2.45) is 0 Å². The van der Waals surface area contributed by atoms with E-state index in [0.717, 1.165) is 16.5 Å². The first-order chi connectivity index (χ1) is 11.3. The molecule has 3 rings (SSSR count). The summed E-state index contributed by atoms with van der Waals surface area (Å²) in [6, 6.07) is 17.1. The number of hydrogen-bond donors (Lipinski definition) is 1. The highest BCUT2D eigenvalue weighted by Gasteiger charge is 2.08. The van der Waals surface area contributed by atoms with Crippen molar-refractivity contribution in [1.82, 2.24) is 4.98 Å². The Morgan fingerprint density at radius 1 is 0.957 bits per heavy atom. The van der Waals surface area contributed by atoms with Crippen molar-refractivity contribution < 1.29 is 14.6 Å². The van der Waals surface area contributed by atoms with Crippen molar-refractivity contribution in [3.05, 3.63) is 65.3 Å². The minimum Gasteiger partial charge on any atom is -0.487 e. The van der Waals surface area contributed by atoms with Crippen LogP contribution in [0.5, 0.6) is 11.5 Å². The lowest BCUT2D eigenvalue weighted by atomic mass is 10.2. The standard InChI is InChI=1S/C18H16ClNO3/c19-18-14(11-13-5-1-2-6-15(13)20-18)12-23-17-8-4-3-7-16(17)22-10-9-21/h1-8,11,21H,9-10,12H2. The van der Waals surface area contributed by atoms with Gasteiger partial charge in [-0.1, -0.05) is 41.9 Å². The van der Waals surface area contributed by atoms with Crippen molar-refractivity contribution in [1.29, 1.82) is 0 Å². The molecule has 4 nitrogen and oxygen atoms in total. The molecule has 0 atom stereocenters. The topological polar surface area (TPSA) is 51.6 Å². The molecule has 0 bridgehead atoms. The highest BCUT2D eigenvalue weighted by molar-refractivity contribution is 6.30. The molecular formula is C18H16ClNO3. The number of benzene rings is 2. The van der Waals surface area contributed by atoms with E-state index in [9.17, 15) is 0 Å². The first-order valence-corrected chi connectivity index (χ1v) is 7.65. The SMILES string of the molecule is OCCOc1ccccc1OCc1cc2ccccc2nc1Cl. The maximum Gasteiger partial charge on any atom is 0.161 e. The Bertz CT molecular complexity index is 807. The van der Waals surface area contributed by atoms with Gasteiger partial charge >= 0.3 is 0 Å². The van der Waals surface area contributed by atoms with Crippen LogP contribution in [0.25, 0.3) is 10.9 Å². The third-order valence-electron chi connectivity index (χ3n) is 3.33. The number of fused-ring (bicyclic) bond motifs is 1. The van der Waals surface area contributed by atoms with E-state index < -0.39 is 0 Å². The molecule has 23 heavy (non-hydrogen) atoms. The zero-order valence-electron chi connectivity index (χ0n) is 12.4. The molecule has 0 radical (unpaired) electrons. The maximum absolute atomic E-state index is 8.87. The molecule has 5 heteroatoms. The fourth-order valence-electron chi connectivity index (χ4n) is 2.24. The summed E-state index contributed by atoms with van der Waals surface area (Å²) in [6.07, 6.45) is 0. The lowest BCUT2D eigenvalue weighted by molar-refractivity contribution is 0.192. The maximum atomic E-state index is 8.87. The number of ether oxygens (including phenoxy) is 2. The van der Waals surface area contributed by atoms with Crippen LogP contribution in [0.15, 0.2) is 54.6 Å². The molecule has 118 valence electrons. The summed E-state index contributed by atoms with van der Waals surface area (Å²) in [5.41, 5.74) is 1.66. The molecule has 0 fully saturated rings. The normalized spacial score (nSPS) is 10.7. The first kappa shape index (κ1) is 15.6.